The summed E-state index contributed by atoms with van der Waals surface area (Å²) in [6.45, 7) is 2.35. The molecular formula is C18H15ClO3. The summed E-state index contributed by atoms with van der Waals surface area (Å²) in [4.78, 5) is 11.7. The Balaban J connectivity index is 1.94. The van der Waals surface area contributed by atoms with E-state index in [-0.39, 0.29) is 12.2 Å². The first-order valence-corrected chi connectivity index (χ1v) is 7.47. The first kappa shape index (κ1) is 14.7. The molecule has 0 bridgehead atoms. The SMILES string of the molecule is CCc1ccc2c(COc3cccc(Cl)c3)cc(=O)oc2c1. The number of rotatable bonds is 4. The van der Waals surface area contributed by atoms with Crippen molar-refractivity contribution < 1.29 is 9.15 Å². The lowest BCUT2D eigenvalue weighted by atomic mass is 10.1. The molecule has 0 aliphatic heterocycles. The van der Waals surface area contributed by atoms with Crippen LogP contribution < -0.4 is 10.4 Å². The lowest BCUT2D eigenvalue weighted by molar-refractivity contribution is 0.306. The van der Waals surface area contributed by atoms with Crippen LogP contribution in [-0.4, -0.2) is 0 Å². The van der Waals surface area contributed by atoms with Gasteiger partial charge in [-0.25, -0.2) is 4.79 Å². The minimum atomic E-state index is -0.370. The molecule has 0 aliphatic carbocycles. The van der Waals surface area contributed by atoms with Gasteiger partial charge in [-0.15, -0.1) is 0 Å². The molecule has 0 unspecified atom stereocenters. The van der Waals surface area contributed by atoms with Crippen molar-refractivity contribution in [3.63, 3.8) is 0 Å². The van der Waals surface area contributed by atoms with Crippen molar-refractivity contribution in [1.82, 2.24) is 0 Å². The molecule has 0 radical (unpaired) electrons. The maximum absolute atomic E-state index is 11.7. The highest BCUT2D eigenvalue weighted by Gasteiger charge is 2.07. The third-order valence-electron chi connectivity index (χ3n) is 3.49. The van der Waals surface area contributed by atoms with Crippen molar-refractivity contribution in [2.24, 2.45) is 0 Å². The molecule has 22 heavy (non-hydrogen) atoms. The summed E-state index contributed by atoms with van der Waals surface area (Å²) < 4.78 is 11.0. The van der Waals surface area contributed by atoms with Crippen molar-refractivity contribution >= 4 is 22.6 Å². The molecule has 3 aromatic rings. The molecule has 0 fully saturated rings. The standard InChI is InChI=1S/C18H15ClO3/c1-2-12-6-7-16-13(9-18(20)22-17(16)8-12)11-21-15-5-3-4-14(19)10-15/h3-10H,2,11H2,1H3. The quantitative estimate of drug-likeness (QED) is 0.661. The highest BCUT2D eigenvalue weighted by Crippen LogP contribution is 2.22. The molecular weight excluding hydrogens is 300 g/mol. The lowest BCUT2D eigenvalue weighted by Gasteiger charge is -2.09. The average molecular weight is 315 g/mol. The summed E-state index contributed by atoms with van der Waals surface area (Å²) in [7, 11) is 0. The summed E-state index contributed by atoms with van der Waals surface area (Å²) >= 11 is 5.94. The fourth-order valence-electron chi connectivity index (χ4n) is 2.33. The molecule has 1 heterocycles. The van der Waals surface area contributed by atoms with E-state index in [0.717, 1.165) is 22.9 Å². The number of benzene rings is 2. The molecule has 3 nitrogen and oxygen atoms in total. The van der Waals surface area contributed by atoms with Gasteiger partial charge in [0.25, 0.3) is 0 Å². The number of halogens is 1. The van der Waals surface area contributed by atoms with E-state index in [4.69, 9.17) is 20.8 Å². The maximum atomic E-state index is 11.7. The van der Waals surface area contributed by atoms with Crippen LogP contribution in [0.15, 0.2) is 57.7 Å². The van der Waals surface area contributed by atoms with E-state index in [1.807, 2.05) is 30.3 Å². The van der Waals surface area contributed by atoms with Crippen LogP contribution in [-0.2, 0) is 13.0 Å². The minimum Gasteiger partial charge on any atom is -0.489 e. The van der Waals surface area contributed by atoms with E-state index in [0.29, 0.717) is 16.4 Å². The van der Waals surface area contributed by atoms with Gasteiger partial charge in [0.1, 0.15) is 17.9 Å². The van der Waals surface area contributed by atoms with E-state index in [1.165, 1.54) is 6.07 Å². The Bertz CT molecular complexity index is 868. The molecule has 0 spiro atoms. The first-order chi connectivity index (χ1) is 10.7. The third kappa shape index (κ3) is 3.15. The zero-order valence-electron chi connectivity index (χ0n) is 12.1. The van der Waals surface area contributed by atoms with E-state index in [1.54, 1.807) is 12.1 Å². The van der Waals surface area contributed by atoms with Gasteiger partial charge in [-0.3, -0.25) is 0 Å². The highest BCUT2D eigenvalue weighted by molar-refractivity contribution is 6.30. The first-order valence-electron chi connectivity index (χ1n) is 7.10. The number of aryl methyl sites for hydroxylation is 1. The molecule has 1 aromatic heterocycles. The Morgan fingerprint density at radius 1 is 1.14 bits per heavy atom. The van der Waals surface area contributed by atoms with Crippen LogP contribution >= 0.6 is 11.6 Å². The molecule has 112 valence electrons. The second kappa shape index (κ2) is 6.24. The topological polar surface area (TPSA) is 39.4 Å². The van der Waals surface area contributed by atoms with Crippen molar-refractivity contribution in [2.45, 2.75) is 20.0 Å². The Morgan fingerprint density at radius 3 is 2.77 bits per heavy atom. The van der Waals surface area contributed by atoms with Crippen LogP contribution in [0, 0.1) is 0 Å². The Kier molecular flexibility index (Phi) is 4.16. The monoisotopic (exact) mass is 314 g/mol. The molecule has 2 aromatic carbocycles. The summed E-state index contributed by atoms with van der Waals surface area (Å²) in [5.74, 6) is 0.666. The Morgan fingerprint density at radius 2 is 2.00 bits per heavy atom. The van der Waals surface area contributed by atoms with Gasteiger partial charge in [0.15, 0.2) is 0 Å². The molecule has 0 saturated carbocycles. The van der Waals surface area contributed by atoms with E-state index >= 15 is 0 Å². The second-order valence-electron chi connectivity index (χ2n) is 5.02. The predicted octanol–water partition coefficient (Wildman–Crippen LogP) is 4.59. The van der Waals surface area contributed by atoms with Crippen LogP contribution in [0.3, 0.4) is 0 Å². The number of hydrogen-bond acceptors (Lipinski definition) is 3. The van der Waals surface area contributed by atoms with Crippen LogP contribution in [0.25, 0.3) is 11.0 Å². The van der Waals surface area contributed by atoms with Gasteiger partial charge in [0.2, 0.25) is 0 Å². The molecule has 3 rings (SSSR count). The summed E-state index contributed by atoms with van der Waals surface area (Å²) in [5.41, 5.74) is 2.15. The highest BCUT2D eigenvalue weighted by atomic mass is 35.5. The van der Waals surface area contributed by atoms with Gasteiger partial charge in [-0.05, 0) is 36.2 Å². The van der Waals surface area contributed by atoms with Gasteiger partial charge in [-0.2, -0.15) is 0 Å². The van der Waals surface area contributed by atoms with Crippen LogP contribution in [0.1, 0.15) is 18.1 Å². The number of hydrogen-bond donors (Lipinski definition) is 0. The number of fused-ring (bicyclic) bond motifs is 1. The zero-order valence-corrected chi connectivity index (χ0v) is 12.9. The van der Waals surface area contributed by atoms with Gasteiger partial charge in [0, 0.05) is 22.0 Å². The average Bonchev–Trinajstić information content (AvgIpc) is 2.52. The van der Waals surface area contributed by atoms with E-state index in [9.17, 15) is 4.79 Å². The second-order valence-corrected chi connectivity index (χ2v) is 5.46. The van der Waals surface area contributed by atoms with Crippen molar-refractivity contribution in [3.8, 4) is 5.75 Å². The molecule has 0 amide bonds. The predicted molar refractivity (Wildman–Crippen MR) is 87.6 cm³/mol. The van der Waals surface area contributed by atoms with Gasteiger partial charge >= 0.3 is 5.63 Å². The summed E-state index contributed by atoms with van der Waals surface area (Å²) in [6.07, 6.45) is 0.892. The minimum absolute atomic E-state index is 0.286. The van der Waals surface area contributed by atoms with Gasteiger partial charge < -0.3 is 9.15 Å². The van der Waals surface area contributed by atoms with Gasteiger partial charge in [-0.1, -0.05) is 36.7 Å². The normalized spacial score (nSPS) is 10.8. The Labute approximate surface area is 133 Å². The van der Waals surface area contributed by atoms with Crippen molar-refractivity contribution in [1.29, 1.82) is 0 Å². The molecule has 0 atom stereocenters. The van der Waals surface area contributed by atoms with E-state index < -0.39 is 0 Å². The molecule has 0 N–H and O–H groups in total. The van der Waals surface area contributed by atoms with Crippen molar-refractivity contribution in [3.05, 3.63) is 75.1 Å². The smallest absolute Gasteiger partial charge is 0.336 e. The van der Waals surface area contributed by atoms with Crippen LogP contribution in [0.2, 0.25) is 5.02 Å². The maximum Gasteiger partial charge on any atom is 0.336 e. The Hall–Kier alpha value is -2.26. The summed E-state index contributed by atoms with van der Waals surface area (Å²) in [6, 6.07) is 14.5. The summed E-state index contributed by atoms with van der Waals surface area (Å²) in [5, 5.41) is 1.50. The van der Waals surface area contributed by atoms with Crippen LogP contribution in [0.5, 0.6) is 5.75 Å². The van der Waals surface area contributed by atoms with Crippen LogP contribution in [0.4, 0.5) is 0 Å². The van der Waals surface area contributed by atoms with Crippen molar-refractivity contribution in [2.75, 3.05) is 0 Å². The molecule has 4 heteroatoms. The molecule has 0 saturated heterocycles. The van der Waals surface area contributed by atoms with E-state index in [2.05, 4.69) is 6.92 Å². The zero-order chi connectivity index (χ0) is 15.5. The third-order valence-corrected chi connectivity index (χ3v) is 3.73. The fraction of sp³-hybridized carbons (Fsp3) is 0.167. The molecule has 0 aliphatic rings. The lowest BCUT2D eigenvalue weighted by Crippen LogP contribution is -2.04. The number of ether oxygens (including phenoxy) is 1. The largest absolute Gasteiger partial charge is 0.489 e. The van der Waals surface area contributed by atoms with Gasteiger partial charge in [0.05, 0.1) is 0 Å². The fourth-order valence-corrected chi connectivity index (χ4v) is 2.51.